The number of rotatable bonds is 4. The van der Waals surface area contributed by atoms with E-state index in [1.165, 1.54) is 45.2 Å². The number of hydrogen-bond acceptors (Lipinski definition) is 4. The molecule has 2 heterocycles. The van der Waals surface area contributed by atoms with Crippen molar-refractivity contribution in [2.24, 2.45) is 0 Å². The second-order valence-corrected chi connectivity index (χ2v) is 10.9. The van der Waals surface area contributed by atoms with E-state index < -0.39 is 5.41 Å². The minimum Gasteiger partial charge on any atom is -0.269 e. The van der Waals surface area contributed by atoms with Crippen molar-refractivity contribution in [1.29, 1.82) is 0 Å². The van der Waals surface area contributed by atoms with Crippen LogP contribution in [0, 0.1) is 13.8 Å². The number of imide groups is 2. The molecule has 4 aromatic carbocycles. The number of carbonyl (C=O) groups is 4. The molecule has 4 aromatic rings. The van der Waals surface area contributed by atoms with E-state index in [1.54, 1.807) is 0 Å². The molecule has 0 fully saturated rings. The Kier molecular flexibility index (Phi) is 5.70. The first kappa shape index (κ1) is 25.6. The monoisotopic (exact) mass is 550 g/mol. The van der Waals surface area contributed by atoms with E-state index in [-0.39, 0.29) is 23.6 Å². The highest BCUT2D eigenvalue weighted by atomic mass is 16.2. The highest BCUT2D eigenvalue weighted by molar-refractivity contribution is 6.29. The van der Waals surface area contributed by atoms with Crippen LogP contribution < -0.4 is 9.80 Å². The molecule has 6 nitrogen and oxygen atoms in total. The maximum absolute atomic E-state index is 12.5. The molecule has 0 spiro atoms. The molecule has 3 aliphatic rings. The molecule has 0 radical (unpaired) electrons. The molecule has 204 valence electrons. The first-order valence-electron chi connectivity index (χ1n) is 13.8. The Balaban J connectivity index is 1.50. The summed E-state index contributed by atoms with van der Waals surface area (Å²) >= 11 is 0. The molecule has 4 amide bonds. The van der Waals surface area contributed by atoms with Gasteiger partial charge in [-0.25, -0.2) is 9.80 Å². The Hall–Kier alpha value is -5.36. The Labute approximate surface area is 243 Å². The smallest absolute Gasteiger partial charge is 0.258 e. The standard InChI is InChI=1S/C36H26N2O4/c1-22-19-26(11-13-30(22)37-32(39)15-16-33(37)40)36(27-12-14-31(23(2)20-27)38-34(41)17-18-35(38)42)28-9-5-3-7-24(28)21-25-8-4-6-10-29(25)36/h3-20H,21H2,1-2H3. The van der Waals surface area contributed by atoms with Crippen LogP contribution in [0.3, 0.4) is 0 Å². The van der Waals surface area contributed by atoms with E-state index in [4.69, 9.17) is 0 Å². The Morgan fingerprint density at radius 1 is 0.524 bits per heavy atom. The molecule has 0 saturated carbocycles. The number of aryl methyl sites for hydroxylation is 2. The summed E-state index contributed by atoms with van der Waals surface area (Å²) in [7, 11) is 0. The Morgan fingerprint density at radius 3 is 1.29 bits per heavy atom. The lowest BCUT2D eigenvalue weighted by atomic mass is 9.59. The van der Waals surface area contributed by atoms with E-state index in [9.17, 15) is 19.2 Å². The third kappa shape index (κ3) is 3.58. The number of hydrogen-bond donors (Lipinski definition) is 0. The van der Waals surface area contributed by atoms with E-state index >= 15 is 0 Å². The summed E-state index contributed by atoms with van der Waals surface area (Å²) < 4.78 is 0. The summed E-state index contributed by atoms with van der Waals surface area (Å²) in [6, 6.07) is 28.7. The van der Waals surface area contributed by atoms with Gasteiger partial charge in [-0.2, -0.15) is 0 Å². The molecule has 0 N–H and O–H groups in total. The zero-order valence-corrected chi connectivity index (χ0v) is 23.1. The van der Waals surface area contributed by atoms with Crippen molar-refractivity contribution in [3.63, 3.8) is 0 Å². The molecule has 6 heteroatoms. The Bertz CT molecular complexity index is 1760. The van der Waals surface area contributed by atoms with Crippen LogP contribution in [0.2, 0.25) is 0 Å². The molecule has 0 atom stereocenters. The third-order valence-electron chi connectivity index (χ3n) is 8.58. The third-order valence-corrected chi connectivity index (χ3v) is 8.58. The number of carbonyl (C=O) groups excluding carboxylic acids is 4. The van der Waals surface area contributed by atoms with Gasteiger partial charge in [-0.1, -0.05) is 72.8 Å². The predicted molar refractivity (Wildman–Crippen MR) is 160 cm³/mol. The van der Waals surface area contributed by atoms with Gasteiger partial charge in [0.1, 0.15) is 0 Å². The van der Waals surface area contributed by atoms with Gasteiger partial charge in [-0.15, -0.1) is 0 Å². The van der Waals surface area contributed by atoms with Gasteiger partial charge < -0.3 is 0 Å². The number of amides is 4. The molecule has 0 aromatic heterocycles. The van der Waals surface area contributed by atoms with E-state index in [0.29, 0.717) is 11.4 Å². The molecule has 1 aliphatic carbocycles. The average molecular weight is 551 g/mol. The van der Waals surface area contributed by atoms with Crippen LogP contribution in [-0.4, -0.2) is 23.6 Å². The fraction of sp³-hybridized carbons (Fsp3) is 0.111. The van der Waals surface area contributed by atoms with Gasteiger partial charge in [-0.3, -0.25) is 19.2 Å². The highest BCUT2D eigenvalue weighted by Gasteiger charge is 2.44. The minimum absolute atomic E-state index is 0.356. The van der Waals surface area contributed by atoms with Crippen molar-refractivity contribution in [2.45, 2.75) is 25.7 Å². The van der Waals surface area contributed by atoms with Crippen molar-refractivity contribution < 1.29 is 19.2 Å². The van der Waals surface area contributed by atoms with Crippen molar-refractivity contribution in [1.82, 2.24) is 0 Å². The quantitative estimate of drug-likeness (QED) is 0.279. The molecule has 2 aliphatic heterocycles. The fourth-order valence-corrected chi connectivity index (χ4v) is 6.77. The van der Waals surface area contributed by atoms with Crippen molar-refractivity contribution >= 4 is 35.0 Å². The minimum atomic E-state index is -0.743. The molecule has 0 bridgehead atoms. The maximum atomic E-state index is 12.5. The molecule has 0 unspecified atom stereocenters. The Morgan fingerprint density at radius 2 is 0.905 bits per heavy atom. The van der Waals surface area contributed by atoms with Crippen LogP contribution in [0.15, 0.2) is 109 Å². The van der Waals surface area contributed by atoms with Gasteiger partial charge in [0.15, 0.2) is 0 Å². The largest absolute Gasteiger partial charge is 0.269 e. The van der Waals surface area contributed by atoms with Crippen LogP contribution in [0.5, 0.6) is 0 Å². The van der Waals surface area contributed by atoms with Crippen LogP contribution in [0.25, 0.3) is 0 Å². The lowest BCUT2D eigenvalue weighted by Gasteiger charge is -2.43. The molecule has 42 heavy (non-hydrogen) atoms. The summed E-state index contributed by atoms with van der Waals surface area (Å²) in [6.07, 6.45) is 5.95. The summed E-state index contributed by atoms with van der Waals surface area (Å²) in [5, 5.41) is 0. The van der Waals surface area contributed by atoms with Gasteiger partial charge in [0, 0.05) is 24.3 Å². The van der Waals surface area contributed by atoms with Gasteiger partial charge in [0.2, 0.25) is 0 Å². The van der Waals surface area contributed by atoms with Gasteiger partial charge in [0.05, 0.1) is 16.8 Å². The normalized spacial score (nSPS) is 16.8. The summed E-state index contributed by atoms with van der Waals surface area (Å²) in [4.78, 5) is 52.5. The second kappa shape index (κ2) is 9.35. The first-order chi connectivity index (χ1) is 20.3. The zero-order valence-electron chi connectivity index (χ0n) is 23.1. The SMILES string of the molecule is Cc1cc(C2(c3ccc(N4C(=O)C=CC4=O)c(C)c3)c3ccccc3Cc3ccccc32)ccc1N1C(=O)C=CC1=O. The number of fused-ring (bicyclic) bond motifs is 2. The molecule has 7 rings (SSSR count). The number of anilines is 2. The summed E-state index contributed by atoms with van der Waals surface area (Å²) in [6.45, 7) is 3.83. The van der Waals surface area contributed by atoms with Crippen LogP contribution >= 0.6 is 0 Å². The van der Waals surface area contributed by atoms with Gasteiger partial charge in [0.25, 0.3) is 23.6 Å². The van der Waals surface area contributed by atoms with Gasteiger partial charge >= 0.3 is 0 Å². The maximum Gasteiger partial charge on any atom is 0.258 e. The van der Waals surface area contributed by atoms with E-state index in [2.05, 4.69) is 48.5 Å². The summed E-state index contributed by atoms with van der Waals surface area (Å²) in [5.74, 6) is -1.42. The van der Waals surface area contributed by atoms with Crippen LogP contribution in [0.1, 0.15) is 44.5 Å². The van der Waals surface area contributed by atoms with E-state index in [0.717, 1.165) is 39.8 Å². The van der Waals surface area contributed by atoms with Crippen LogP contribution in [-0.2, 0) is 31.0 Å². The molecular formula is C36H26N2O4. The van der Waals surface area contributed by atoms with Crippen molar-refractivity contribution in [3.05, 3.63) is 154 Å². The topological polar surface area (TPSA) is 74.8 Å². The summed E-state index contributed by atoms with van der Waals surface area (Å²) in [5.41, 5.74) is 8.58. The van der Waals surface area contributed by atoms with Crippen LogP contribution in [0.4, 0.5) is 11.4 Å². The number of benzene rings is 4. The van der Waals surface area contributed by atoms with Gasteiger partial charge in [-0.05, 0) is 76.9 Å². The van der Waals surface area contributed by atoms with Crippen molar-refractivity contribution in [3.8, 4) is 0 Å². The zero-order chi connectivity index (χ0) is 29.2. The first-order valence-corrected chi connectivity index (χ1v) is 13.8. The van der Waals surface area contributed by atoms with E-state index in [1.807, 2.05) is 50.2 Å². The fourth-order valence-electron chi connectivity index (χ4n) is 6.77. The average Bonchev–Trinajstić information content (AvgIpc) is 3.50. The molecular weight excluding hydrogens is 524 g/mol. The lowest BCUT2D eigenvalue weighted by Crippen LogP contribution is -2.37. The molecule has 0 saturated heterocycles. The number of nitrogens with zero attached hydrogens (tertiary/aromatic N) is 2. The second-order valence-electron chi connectivity index (χ2n) is 10.9. The van der Waals surface area contributed by atoms with Crippen molar-refractivity contribution in [2.75, 3.05) is 9.80 Å². The highest BCUT2D eigenvalue weighted by Crippen LogP contribution is 2.52. The predicted octanol–water partition coefficient (Wildman–Crippen LogP) is 5.45. The lowest BCUT2D eigenvalue weighted by molar-refractivity contribution is -0.121.